The van der Waals surface area contributed by atoms with E-state index in [1.807, 2.05) is 19.9 Å². The van der Waals surface area contributed by atoms with E-state index in [0.29, 0.717) is 24.6 Å². The molecule has 2 heterocycles. The zero-order valence-electron chi connectivity index (χ0n) is 13.4. The molecule has 122 valence electrons. The number of anilines is 1. The van der Waals surface area contributed by atoms with Crippen LogP contribution in [0.5, 0.6) is 0 Å². The summed E-state index contributed by atoms with van der Waals surface area (Å²) in [7, 11) is 0. The lowest BCUT2D eigenvalue weighted by Crippen LogP contribution is -2.36. The van der Waals surface area contributed by atoms with E-state index in [4.69, 9.17) is 0 Å². The maximum absolute atomic E-state index is 11.7. The van der Waals surface area contributed by atoms with E-state index >= 15 is 0 Å². The van der Waals surface area contributed by atoms with Crippen molar-refractivity contribution in [2.75, 3.05) is 18.4 Å². The Morgan fingerprint density at radius 3 is 2.48 bits per heavy atom. The third-order valence-electron chi connectivity index (χ3n) is 3.02. The summed E-state index contributed by atoms with van der Waals surface area (Å²) < 4.78 is 1.74. The lowest BCUT2D eigenvalue weighted by Gasteiger charge is -2.08. The van der Waals surface area contributed by atoms with Gasteiger partial charge >= 0.3 is 6.03 Å². The molecule has 0 fully saturated rings. The summed E-state index contributed by atoms with van der Waals surface area (Å²) in [5, 5.41) is 12.3. The molecule has 8 heteroatoms. The first kappa shape index (κ1) is 16.5. The van der Waals surface area contributed by atoms with Crippen LogP contribution in [-0.2, 0) is 4.79 Å². The number of pyridine rings is 1. The molecule has 2 rings (SSSR count). The number of carbonyl (C=O) groups excluding carboxylic acids is 2. The molecule has 0 atom stereocenters. The highest BCUT2D eigenvalue weighted by Crippen LogP contribution is 2.12. The molecule has 0 saturated heterocycles. The van der Waals surface area contributed by atoms with Crippen molar-refractivity contribution in [1.29, 1.82) is 0 Å². The molecule has 2 aromatic heterocycles. The van der Waals surface area contributed by atoms with Crippen molar-refractivity contribution in [3.05, 3.63) is 35.8 Å². The van der Waals surface area contributed by atoms with Crippen LogP contribution < -0.4 is 16.0 Å². The predicted octanol–water partition coefficient (Wildman–Crippen LogP) is 1.14. The number of rotatable bonds is 5. The molecule has 0 aliphatic heterocycles. The third kappa shape index (κ3) is 4.80. The summed E-state index contributed by atoms with van der Waals surface area (Å²) in [4.78, 5) is 26.7. The summed E-state index contributed by atoms with van der Waals surface area (Å²) in [5.41, 5.74) is 2.49. The van der Waals surface area contributed by atoms with Gasteiger partial charge in [0.25, 0.3) is 0 Å². The van der Waals surface area contributed by atoms with Crippen LogP contribution in [0.1, 0.15) is 18.3 Å². The zero-order valence-corrected chi connectivity index (χ0v) is 13.4. The number of aromatic nitrogens is 3. The Kier molecular flexibility index (Phi) is 5.29. The van der Waals surface area contributed by atoms with Crippen molar-refractivity contribution >= 4 is 17.6 Å². The smallest absolute Gasteiger partial charge is 0.319 e. The van der Waals surface area contributed by atoms with Crippen LogP contribution in [-0.4, -0.2) is 39.8 Å². The normalized spacial score (nSPS) is 10.2. The van der Waals surface area contributed by atoms with Crippen LogP contribution in [0, 0.1) is 13.8 Å². The number of carbonyl (C=O) groups is 2. The lowest BCUT2D eigenvalue weighted by atomic mass is 10.4. The van der Waals surface area contributed by atoms with Crippen LogP contribution in [0.2, 0.25) is 0 Å². The van der Waals surface area contributed by atoms with Gasteiger partial charge in [-0.2, -0.15) is 5.10 Å². The van der Waals surface area contributed by atoms with Gasteiger partial charge in [0, 0.05) is 25.7 Å². The van der Waals surface area contributed by atoms with Crippen LogP contribution in [0.25, 0.3) is 5.82 Å². The molecule has 2 aromatic rings. The monoisotopic (exact) mass is 316 g/mol. The number of aryl methyl sites for hydroxylation is 2. The van der Waals surface area contributed by atoms with Gasteiger partial charge in [0.05, 0.1) is 17.6 Å². The van der Waals surface area contributed by atoms with Gasteiger partial charge in [-0.1, -0.05) is 0 Å². The van der Waals surface area contributed by atoms with Crippen molar-refractivity contribution in [1.82, 2.24) is 25.4 Å². The second-order valence-corrected chi connectivity index (χ2v) is 5.11. The molecule has 3 N–H and O–H groups in total. The third-order valence-corrected chi connectivity index (χ3v) is 3.02. The van der Waals surface area contributed by atoms with Gasteiger partial charge in [-0.3, -0.25) is 4.79 Å². The minimum absolute atomic E-state index is 0.129. The second-order valence-electron chi connectivity index (χ2n) is 5.11. The van der Waals surface area contributed by atoms with Crippen LogP contribution in [0.3, 0.4) is 0 Å². The Labute approximate surface area is 134 Å². The molecular weight excluding hydrogens is 296 g/mol. The van der Waals surface area contributed by atoms with E-state index < -0.39 is 0 Å². The van der Waals surface area contributed by atoms with E-state index in [0.717, 1.165) is 11.4 Å². The predicted molar refractivity (Wildman–Crippen MR) is 86.5 cm³/mol. The van der Waals surface area contributed by atoms with Crippen molar-refractivity contribution in [3.8, 4) is 5.82 Å². The standard InChI is InChI=1S/C15H20N6O2/c1-10-8-11(2)21(20-10)14-5-4-13(9-18-14)19-15(23)17-7-6-16-12(3)22/h4-5,8-9H,6-7H2,1-3H3,(H,16,22)(H2,17,19,23). The molecule has 0 aromatic carbocycles. The Balaban J connectivity index is 1.88. The largest absolute Gasteiger partial charge is 0.355 e. The summed E-state index contributed by atoms with van der Waals surface area (Å²) in [6, 6.07) is 5.16. The molecule has 3 amide bonds. The first-order valence-corrected chi connectivity index (χ1v) is 7.24. The molecule has 8 nitrogen and oxygen atoms in total. The fourth-order valence-electron chi connectivity index (χ4n) is 2.04. The van der Waals surface area contributed by atoms with Gasteiger partial charge in [-0.15, -0.1) is 0 Å². The number of amides is 3. The molecule has 0 unspecified atom stereocenters. The van der Waals surface area contributed by atoms with Crippen LogP contribution in [0.4, 0.5) is 10.5 Å². The van der Waals surface area contributed by atoms with E-state index in [1.165, 1.54) is 6.92 Å². The average Bonchev–Trinajstić information content (AvgIpc) is 2.83. The number of hydrogen-bond donors (Lipinski definition) is 3. The average molecular weight is 316 g/mol. The second kappa shape index (κ2) is 7.39. The van der Waals surface area contributed by atoms with Gasteiger partial charge in [0.1, 0.15) is 0 Å². The lowest BCUT2D eigenvalue weighted by molar-refractivity contribution is -0.118. The molecule has 23 heavy (non-hydrogen) atoms. The SMILES string of the molecule is CC(=O)NCCNC(=O)Nc1ccc(-n2nc(C)cc2C)nc1. The number of hydrogen-bond acceptors (Lipinski definition) is 4. The highest BCUT2D eigenvalue weighted by atomic mass is 16.2. The van der Waals surface area contributed by atoms with Crippen molar-refractivity contribution < 1.29 is 9.59 Å². The Bertz CT molecular complexity index is 692. The maximum atomic E-state index is 11.7. The summed E-state index contributed by atoms with van der Waals surface area (Å²) in [6.07, 6.45) is 1.57. The van der Waals surface area contributed by atoms with Gasteiger partial charge in [0.15, 0.2) is 5.82 Å². The zero-order chi connectivity index (χ0) is 16.8. The fourth-order valence-corrected chi connectivity index (χ4v) is 2.04. The highest BCUT2D eigenvalue weighted by Gasteiger charge is 2.06. The summed E-state index contributed by atoms with van der Waals surface area (Å²) >= 11 is 0. The molecule has 0 bridgehead atoms. The van der Waals surface area contributed by atoms with Gasteiger partial charge in [-0.05, 0) is 32.0 Å². The minimum Gasteiger partial charge on any atom is -0.355 e. The maximum Gasteiger partial charge on any atom is 0.319 e. The quantitative estimate of drug-likeness (QED) is 0.720. The molecule has 0 spiro atoms. The molecule has 0 aliphatic carbocycles. The summed E-state index contributed by atoms with van der Waals surface area (Å²) in [5.74, 6) is 0.559. The van der Waals surface area contributed by atoms with Gasteiger partial charge < -0.3 is 16.0 Å². The topological polar surface area (TPSA) is 101 Å². The van der Waals surface area contributed by atoms with Crippen LogP contribution in [0.15, 0.2) is 24.4 Å². The van der Waals surface area contributed by atoms with Crippen molar-refractivity contribution in [3.63, 3.8) is 0 Å². The Hall–Kier alpha value is -2.90. The number of nitrogens with zero attached hydrogens (tertiary/aromatic N) is 3. The molecular formula is C15H20N6O2. The first-order valence-electron chi connectivity index (χ1n) is 7.24. The molecule has 0 aliphatic rings. The van der Waals surface area contributed by atoms with Crippen molar-refractivity contribution in [2.45, 2.75) is 20.8 Å². The molecule has 0 radical (unpaired) electrons. The van der Waals surface area contributed by atoms with E-state index in [9.17, 15) is 9.59 Å². The van der Waals surface area contributed by atoms with Gasteiger partial charge in [0.2, 0.25) is 5.91 Å². The summed E-state index contributed by atoms with van der Waals surface area (Å²) in [6.45, 7) is 6.04. The highest BCUT2D eigenvalue weighted by molar-refractivity contribution is 5.89. The number of urea groups is 1. The van der Waals surface area contributed by atoms with Gasteiger partial charge in [-0.25, -0.2) is 14.5 Å². The Morgan fingerprint density at radius 1 is 1.17 bits per heavy atom. The Morgan fingerprint density at radius 2 is 1.91 bits per heavy atom. The van der Waals surface area contributed by atoms with Crippen LogP contribution >= 0.6 is 0 Å². The molecule has 0 saturated carbocycles. The first-order chi connectivity index (χ1) is 11.0. The fraction of sp³-hybridized carbons (Fsp3) is 0.333. The minimum atomic E-state index is -0.351. The van der Waals surface area contributed by atoms with E-state index in [1.54, 1.807) is 23.0 Å². The van der Waals surface area contributed by atoms with E-state index in [2.05, 4.69) is 26.0 Å². The number of nitrogens with one attached hydrogen (secondary N) is 3. The van der Waals surface area contributed by atoms with E-state index in [-0.39, 0.29) is 11.9 Å². The van der Waals surface area contributed by atoms with Crippen molar-refractivity contribution in [2.24, 2.45) is 0 Å².